The number of piperidine rings is 1. The van der Waals surface area contributed by atoms with Crippen molar-refractivity contribution >= 4 is 22.8 Å². The zero-order chi connectivity index (χ0) is 17.2. The molecule has 136 valence electrons. The molecule has 0 bridgehead atoms. The molecule has 25 heavy (non-hydrogen) atoms. The predicted octanol–water partition coefficient (Wildman–Crippen LogP) is 1.06. The minimum atomic E-state index is 0.0524. The van der Waals surface area contributed by atoms with Crippen LogP contribution in [0.4, 0.5) is 0 Å². The van der Waals surface area contributed by atoms with Gasteiger partial charge in [-0.1, -0.05) is 18.7 Å². The highest BCUT2D eigenvalue weighted by molar-refractivity contribution is 8.14. The van der Waals surface area contributed by atoms with E-state index in [2.05, 4.69) is 27.2 Å². The second-order valence-corrected chi connectivity index (χ2v) is 8.42. The summed E-state index contributed by atoms with van der Waals surface area (Å²) >= 11 is 1.85. The molecule has 7 nitrogen and oxygen atoms in total. The number of hydrogen-bond acceptors (Lipinski definition) is 6. The smallest absolute Gasteiger partial charge is 0.274 e. The van der Waals surface area contributed by atoms with Gasteiger partial charge in [0.25, 0.3) is 5.91 Å². The first-order valence-electron chi connectivity index (χ1n) is 9.22. The molecule has 1 amide bonds. The van der Waals surface area contributed by atoms with Crippen molar-refractivity contribution in [1.82, 2.24) is 24.9 Å². The molecule has 0 radical (unpaired) electrons. The van der Waals surface area contributed by atoms with Crippen LogP contribution >= 0.6 is 11.8 Å². The largest absolute Gasteiger partial charge is 0.348 e. The first-order valence-corrected chi connectivity index (χ1v) is 10.1. The number of aliphatic imine (C=N–C) groups is 1. The molecule has 2 saturated heterocycles. The summed E-state index contributed by atoms with van der Waals surface area (Å²) in [6.07, 6.45) is 4.24. The summed E-state index contributed by atoms with van der Waals surface area (Å²) in [5.41, 5.74) is 0.570. The average Bonchev–Trinajstić information content (AvgIpc) is 3.31. The minimum absolute atomic E-state index is 0.0524. The van der Waals surface area contributed by atoms with E-state index in [1.165, 1.54) is 0 Å². The van der Waals surface area contributed by atoms with Crippen LogP contribution in [0.5, 0.6) is 0 Å². The first kappa shape index (κ1) is 16.9. The van der Waals surface area contributed by atoms with Gasteiger partial charge in [0, 0.05) is 44.2 Å². The summed E-state index contributed by atoms with van der Waals surface area (Å²) in [5, 5.41) is 9.68. The molecular formula is C17H26N6OS. The molecule has 4 heterocycles. The quantitative estimate of drug-likeness (QED) is 0.852. The van der Waals surface area contributed by atoms with Gasteiger partial charge in [-0.05, 0) is 25.5 Å². The summed E-state index contributed by atoms with van der Waals surface area (Å²) in [6, 6.07) is 2.23. The fourth-order valence-corrected chi connectivity index (χ4v) is 4.60. The van der Waals surface area contributed by atoms with E-state index in [-0.39, 0.29) is 5.91 Å². The molecule has 2 atom stereocenters. The van der Waals surface area contributed by atoms with Crippen LogP contribution in [0, 0.1) is 0 Å². The standard InChI is InChI=1S/C17H26N6OS/c1-13-11-19-17(25-13)22-9-7-21(8-10-22)16(24)15-4-6-23(20-15)14-3-2-5-18-12-14/h4,6,13-14,18H,2-3,5,7-12H2,1H3. The number of amides is 1. The third-order valence-electron chi connectivity index (χ3n) is 5.10. The normalized spacial score (nSPS) is 27.5. The van der Waals surface area contributed by atoms with Crippen molar-refractivity contribution in [3.8, 4) is 0 Å². The third kappa shape index (κ3) is 3.69. The van der Waals surface area contributed by atoms with Gasteiger partial charge in [0.15, 0.2) is 5.17 Å². The Bertz CT molecular complexity index is 645. The van der Waals surface area contributed by atoms with Gasteiger partial charge in [-0.25, -0.2) is 0 Å². The van der Waals surface area contributed by atoms with Crippen molar-refractivity contribution < 1.29 is 4.79 Å². The molecule has 8 heteroatoms. The number of aromatic nitrogens is 2. The number of thioether (sulfide) groups is 1. The average molecular weight is 363 g/mol. The van der Waals surface area contributed by atoms with Crippen molar-refractivity contribution in [2.75, 3.05) is 45.8 Å². The maximum absolute atomic E-state index is 12.8. The van der Waals surface area contributed by atoms with Gasteiger partial charge in [0.2, 0.25) is 0 Å². The van der Waals surface area contributed by atoms with Crippen LogP contribution in [0.2, 0.25) is 0 Å². The third-order valence-corrected chi connectivity index (χ3v) is 6.25. The highest BCUT2D eigenvalue weighted by Crippen LogP contribution is 2.24. The van der Waals surface area contributed by atoms with E-state index in [0.29, 0.717) is 17.0 Å². The fourth-order valence-electron chi connectivity index (χ4n) is 3.61. The SMILES string of the molecule is CC1CN=C(N2CCN(C(=O)c3ccn(C4CCCNC4)n3)CC2)S1. The molecule has 1 aromatic rings. The molecule has 3 aliphatic rings. The maximum atomic E-state index is 12.8. The lowest BCUT2D eigenvalue weighted by atomic mass is 10.1. The Kier molecular flexibility index (Phi) is 4.98. The molecular weight excluding hydrogens is 336 g/mol. The molecule has 0 aromatic carbocycles. The highest BCUT2D eigenvalue weighted by atomic mass is 32.2. The van der Waals surface area contributed by atoms with Crippen molar-refractivity contribution in [3.63, 3.8) is 0 Å². The Morgan fingerprint density at radius 2 is 2.16 bits per heavy atom. The molecule has 4 rings (SSSR count). The molecule has 1 aromatic heterocycles. The summed E-state index contributed by atoms with van der Waals surface area (Å²) in [4.78, 5) is 21.6. The Hall–Kier alpha value is -1.54. The molecule has 1 N–H and O–H groups in total. The first-order chi connectivity index (χ1) is 12.2. The lowest BCUT2D eigenvalue weighted by Crippen LogP contribution is -2.50. The topological polar surface area (TPSA) is 65.8 Å². The number of carbonyl (C=O) groups is 1. The Labute approximate surface area is 152 Å². The summed E-state index contributed by atoms with van der Waals surface area (Å²) in [6.45, 7) is 8.33. The van der Waals surface area contributed by atoms with Crippen molar-refractivity contribution in [1.29, 1.82) is 0 Å². The molecule has 0 spiro atoms. The van der Waals surface area contributed by atoms with Gasteiger partial charge in [-0.15, -0.1) is 0 Å². The number of rotatable bonds is 2. The number of hydrogen-bond donors (Lipinski definition) is 1. The highest BCUT2D eigenvalue weighted by Gasteiger charge is 2.28. The number of amidine groups is 1. The van der Waals surface area contributed by atoms with Crippen LogP contribution in [0.25, 0.3) is 0 Å². The molecule has 2 fully saturated rings. The molecule has 0 saturated carbocycles. The molecule has 3 aliphatic heterocycles. The van der Waals surface area contributed by atoms with Crippen molar-refractivity contribution in [2.45, 2.75) is 31.1 Å². The van der Waals surface area contributed by atoms with Crippen LogP contribution in [-0.2, 0) is 0 Å². The van der Waals surface area contributed by atoms with Crippen LogP contribution < -0.4 is 5.32 Å². The van der Waals surface area contributed by atoms with Gasteiger partial charge >= 0.3 is 0 Å². The summed E-state index contributed by atoms with van der Waals surface area (Å²) < 4.78 is 1.96. The summed E-state index contributed by atoms with van der Waals surface area (Å²) in [7, 11) is 0. The summed E-state index contributed by atoms with van der Waals surface area (Å²) in [5.74, 6) is 0.0524. The van der Waals surface area contributed by atoms with Crippen molar-refractivity contribution in [3.05, 3.63) is 18.0 Å². The predicted molar refractivity (Wildman–Crippen MR) is 100 cm³/mol. The number of nitrogens with one attached hydrogen (secondary N) is 1. The van der Waals surface area contributed by atoms with Gasteiger partial charge in [0.05, 0.1) is 12.6 Å². The van der Waals surface area contributed by atoms with Gasteiger partial charge in [-0.3, -0.25) is 14.5 Å². The van der Waals surface area contributed by atoms with E-state index < -0.39 is 0 Å². The van der Waals surface area contributed by atoms with Crippen LogP contribution in [0.3, 0.4) is 0 Å². The Balaban J connectivity index is 1.34. The van der Waals surface area contributed by atoms with Crippen molar-refractivity contribution in [2.24, 2.45) is 4.99 Å². The molecule has 2 unspecified atom stereocenters. The van der Waals surface area contributed by atoms with Crippen LogP contribution in [0.1, 0.15) is 36.3 Å². The second-order valence-electron chi connectivity index (χ2n) is 7.01. The lowest BCUT2D eigenvalue weighted by molar-refractivity contribution is 0.0686. The Morgan fingerprint density at radius 3 is 2.84 bits per heavy atom. The van der Waals surface area contributed by atoms with Gasteiger partial charge in [-0.2, -0.15) is 5.10 Å². The molecule has 0 aliphatic carbocycles. The maximum Gasteiger partial charge on any atom is 0.274 e. The van der Waals surface area contributed by atoms with E-state index in [4.69, 9.17) is 0 Å². The van der Waals surface area contributed by atoms with E-state index in [1.54, 1.807) is 0 Å². The number of piperazine rings is 1. The van der Waals surface area contributed by atoms with E-state index in [1.807, 2.05) is 33.6 Å². The van der Waals surface area contributed by atoms with E-state index in [0.717, 1.165) is 63.8 Å². The second kappa shape index (κ2) is 7.37. The Morgan fingerprint density at radius 1 is 1.32 bits per heavy atom. The van der Waals surface area contributed by atoms with E-state index >= 15 is 0 Å². The van der Waals surface area contributed by atoms with Gasteiger partial charge in [0.1, 0.15) is 5.69 Å². The zero-order valence-electron chi connectivity index (χ0n) is 14.7. The fraction of sp³-hybridized carbons (Fsp3) is 0.706. The minimum Gasteiger partial charge on any atom is -0.348 e. The van der Waals surface area contributed by atoms with E-state index in [9.17, 15) is 4.79 Å². The van der Waals surface area contributed by atoms with Gasteiger partial charge < -0.3 is 15.1 Å². The number of nitrogens with zero attached hydrogens (tertiary/aromatic N) is 5. The monoisotopic (exact) mass is 362 g/mol. The van der Waals surface area contributed by atoms with Crippen LogP contribution in [-0.4, -0.2) is 81.7 Å². The lowest BCUT2D eigenvalue weighted by Gasteiger charge is -2.35. The van der Waals surface area contributed by atoms with Crippen LogP contribution in [0.15, 0.2) is 17.3 Å². The number of carbonyl (C=O) groups excluding carboxylic acids is 1. The zero-order valence-corrected chi connectivity index (χ0v) is 15.5.